The summed E-state index contributed by atoms with van der Waals surface area (Å²) in [6.07, 6.45) is 0.0357. The Balaban J connectivity index is 1.90. The van der Waals surface area contributed by atoms with Gasteiger partial charge in [0.25, 0.3) is 5.91 Å². The molecule has 0 aliphatic carbocycles. The SMILES string of the molecule is NC(=O)[C@H](Cc1ccccc1)N1C(=O)NC(c2ccc(F)cc2F)C1=O. The van der Waals surface area contributed by atoms with E-state index in [4.69, 9.17) is 5.73 Å². The largest absolute Gasteiger partial charge is 0.368 e. The van der Waals surface area contributed by atoms with Crippen LogP contribution in [0.4, 0.5) is 13.6 Å². The first-order chi connectivity index (χ1) is 12.4. The molecule has 2 aromatic carbocycles. The number of primary amides is 1. The molecule has 1 aliphatic rings. The number of nitrogens with one attached hydrogen (secondary N) is 1. The summed E-state index contributed by atoms with van der Waals surface area (Å²) in [7, 11) is 0. The van der Waals surface area contributed by atoms with Gasteiger partial charge in [-0.05, 0) is 11.6 Å². The van der Waals surface area contributed by atoms with Crippen molar-refractivity contribution in [2.45, 2.75) is 18.5 Å². The maximum atomic E-state index is 14.0. The predicted molar refractivity (Wildman–Crippen MR) is 87.6 cm³/mol. The highest BCUT2D eigenvalue weighted by atomic mass is 19.1. The second kappa shape index (κ2) is 6.91. The van der Waals surface area contributed by atoms with Gasteiger partial charge in [-0.25, -0.2) is 18.5 Å². The van der Waals surface area contributed by atoms with Crippen LogP contribution in [0.25, 0.3) is 0 Å². The first kappa shape index (κ1) is 17.5. The van der Waals surface area contributed by atoms with Gasteiger partial charge in [0.05, 0.1) is 0 Å². The molecule has 0 spiro atoms. The zero-order chi connectivity index (χ0) is 18.8. The van der Waals surface area contributed by atoms with E-state index in [9.17, 15) is 23.2 Å². The summed E-state index contributed by atoms with van der Waals surface area (Å²) in [6.45, 7) is 0. The molecule has 1 unspecified atom stereocenters. The molecule has 1 aliphatic heterocycles. The summed E-state index contributed by atoms with van der Waals surface area (Å²) in [6, 6.07) is 7.98. The number of nitrogens with zero attached hydrogens (tertiary/aromatic N) is 1. The molecule has 3 rings (SSSR count). The number of hydrogen-bond donors (Lipinski definition) is 2. The lowest BCUT2D eigenvalue weighted by atomic mass is 10.0. The fraction of sp³-hybridized carbons (Fsp3) is 0.167. The Morgan fingerprint density at radius 1 is 1.15 bits per heavy atom. The molecule has 0 saturated carbocycles. The molecule has 0 radical (unpaired) electrons. The topological polar surface area (TPSA) is 92.5 Å². The minimum atomic E-state index is -1.35. The number of carbonyl (C=O) groups excluding carboxylic acids is 3. The average Bonchev–Trinajstić information content (AvgIpc) is 2.88. The summed E-state index contributed by atoms with van der Waals surface area (Å²) in [5.41, 5.74) is 5.90. The fourth-order valence-corrected chi connectivity index (χ4v) is 2.89. The first-order valence-corrected chi connectivity index (χ1v) is 7.80. The number of imide groups is 1. The van der Waals surface area contributed by atoms with Gasteiger partial charge in [-0.2, -0.15) is 0 Å². The van der Waals surface area contributed by atoms with E-state index in [2.05, 4.69) is 5.32 Å². The molecule has 8 heteroatoms. The van der Waals surface area contributed by atoms with Crippen LogP contribution in [0.1, 0.15) is 17.2 Å². The van der Waals surface area contributed by atoms with Gasteiger partial charge in [0.2, 0.25) is 5.91 Å². The van der Waals surface area contributed by atoms with Crippen molar-refractivity contribution in [3.63, 3.8) is 0 Å². The second-order valence-corrected chi connectivity index (χ2v) is 5.86. The number of nitrogens with two attached hydrogens (primary N) is 1. The van der Waals surface area contributed by atoms with Gasteiger partial charge in [0.15, 0.2) is 0 Å². The van der Waals surface area contributed by atoms with Crippen LogP contribution in [0.3, 0.4) is 0 Å². The molecular formula is C18H15F2N3O3. The Hall–Kier alpha value is -3.29. The number of benzene rings is 2. The van der Waals surface area contributed by atoms with E-state index in [0.29, 0.717) is 16.5 Å². The number of amides is 4. The van der Waals surface area contributed by atoms with Gasteiger partial charge in [0.1, 0.15) is 23.7 Å². The molecule has 6 nitrogen and oxygen atoms in total. The smallest absolute Gasteiger partial charge is 0.325 e. The van der Waals surface area contributed by atoms with Crippen LogP contribution in [0.5, 0.6) is 0 Å². The van der Waals surface area contributed by atoms with E-state index >= 15 is 0 Å². The highest BCUT2D eigenvalue weighted by Crippen LogP contribution is 2.27. The van der Waals surface area contributed by atoms with E-state index in [0.717, 1.165) is 12.1 Å². The van der Waals surface area contributed by atoms with Gasteiger partial charge in [-0.1, -0.05) is 36.4 Å². The van der Waals surface area contributed by atoms with Crippen molar-refractivity contribution < 1.29 is 23.2 Å². The summed E-state index contributed by atoms with van der Waals surface area (Å²) in [5, 5.41) is 2.32. The number of halogens is 2. The van der Waals surface area contributed by atoms with Crippen molar-refractivity contribution in [1.82, 2.24) is 10.2 Å². The molecular weight excluding hydrogens is 344 g/mol. The van der Waals surface area contributed by atoms with Gasteiger partial charge < -0.3 is 11.1 Å². The molecule has 0 bridgehead atoms. The molecule has 134 valence electrons. The molecule has 2 atom stereocenters. The van der Waals surface area contributed by atoms with Gasteiger partial charge in [0, 0.05) is 18.1 Å². The fourth-order valence-electron chi connectivity index (χ4n) is 2.89. The van der Waals surface area contributed by atoms with Crippen molar-refractivity contribution in [1.29, 1.82) is 0 Å². The van der Waals surface area contributed by atoms with Gasteiger partial charge >= 0.3 is 6.03 Å². The van der Waals surface area contributed by atoms with E-state index in [1.54, 1.807) is 30.3 Å². The Bertz CT molecular complexity index is 873. The third kappa shape index (κ3) is 3.26. The molecule has 1 fully saturated rings. The monoisotopic (exact) mass is 359 g/mol. The Morgan fingerprint density at radius 3 is 2.46 bits per heavy atom. The maximum Gasteiger partial charge on any atom is 0.325 e. The molecule has 3 N–H and O–H groups in total. The summed E-state index contributed by atoms with van der Waals surface area (Å²) in [4.78, 5) is 37.5. The number of rotatable bonds is 5. The summed E-state index contributed by atoms with van der Waals surface area (Å²) in [5.74, 6) is -3.46. The van der Waals surface area contributed by atoms with Crippen LogP contribution < -0.4 is 11.1 Å². The lowest BCUT2D eigenvalue weighted by molar-refractivity contribution is -0.134. The van der Waals surface area contributed by atoms with Crippen molar-refractivity contribution in [2.75, 3.05) is 0 Å². The highest BCUT2D eigenvalue weighted by molar-refractivity contribution is 6.07. The van der Waals surface area contributed by atoms with Crippen LogP contribution in [0.2, 0.25) is 0 Å². The van der Waals surface area contributed by atoms with Crippen molar-refractivity contribution in [3.8, 4) is 0 Å². The lowest BCUT2D eigenvalue weighted by Gasteiger charge is -2.22. The standard InChI is InChI=1S/C18H15F2N3O3/c19-11-6-7-12(13(20)9-11)15-17(25)23(18(26)22-15)14(16(21)24)8-10-4-2-1-3-5-10/h1-7,9,14-15H,8H2,(H2,21,24)(H,22,26)/t14-,15?/m0/s1. The Kier molecular flexibility index (Phi) is 4.66. The molecule has 2 aromatic rings. The minimum Gasteiger partial charge on any atom is -0.368 e. The van der Waals surface area contributed by atoms with Crippen LogP contribution in [0.15, 0.2) is 48.5 Å². The average molecular weight is 359 g/mol. The van der Waals surface area contributed by atoms with E-state index in [-0.39, 0.29) is 12.0 Å². The number of carbonyl (C=O) groups is 3. The van der Waals surface area contributed by atoms with Crippen LogP contribution in [-0.2, 0) is 16.0 Å². The van der Waals surface area contributed by atoms with Crippen LogP contribution in [0, 0.1) is 11.6 Å². The van der Waals surface area contributed by atoms with Crippen molar-refractivity contribution >= 4 is 17.8 Å². The molecule has 1 heterocycles. The number of hydrogen-bond acceptors (Lipinski definition) is 3. The van der Waals surface area contributed by atoms with Gasteiger partial charge in [-0.15, -0.1) is 0 Å². The van der Waals surface area contributed by atoms with E-state index in [1.807, 2.05) is 0 Å². The lowest BCUT2D eigenvalue weighted by Crippen LogP contribution is -2.49. The Labute approximate surface area is 147 Å². The normalized spacial score (nSPS) is 17.9. The predicted octanol–water partition coefficient (Wildman–Crippen LogP) is 1.65. The van der Waals surface area contributed by atoms with Crippen LogP contribution in [-0.4, -0.2) is 28.8 Å². The van der Waals surface area contributed by atoms with Gasteiger partial charge in [-0.3, -0.25) is 9.59 Å². The third-order valence-electron chi connectivity index (χ3n) is 4.16. The first-order valence-electron chi connectivity index (χ1n) is 7.80. The highest BCUT2D eigenvalue weighted by Gasteiger charge is 2.45. The molecule has 4 amide bonds. The molecule has 26 heavy (non-hydrogen) atoms. The maximum absolute atomic E-state index is 14.0. The quantitative estimate of drug-likeness (QED) is 0.795. The van der Waals surface area contributed by atoms with Crippen molar-refractivity contribution in [2.24, 2.45) is 5.73 Å². The van der Waals surface area contributed by atoms with Crippen molar-refractivity contribution in [3.05, 3.63) is 71.3 Å². The van der Waals surface area contributed by atoms with E-state index in [1.165, 1.54) is 0 Å². The zero-order valence-electron chi connectivity index (χ0n) is 13.5. The molecule has 1 saturated heterocycles. The molecule has 0 aromatic heterocycles. The summed E-state index contributed by atoms with van der Waals surface area (Å²) < 4.78 is 27.1. The zero-order valence-corrected chi connectivity index (χ0v) is 13.5. The number of urea groups is 1. The minimum absolute atomic E-state index is 0.0357. The third-order valence-corrected chi connectivity index (χ3v) is 4.16. The Morgan fingerprint density at radius 2 is 1.85 bits per heavy atom. The second-order valence-electron chi connectivity index (χ2n) is 5.86. The van der Waals surface area contributed by atoms with E-state index < -0.39 is 41.6 Å². The van der Waals surface area contributed by atoms with Crippen LogP contribution >= 0.6 is 0 Å². The summed E-state index contributed by atoms with van der Waals surface area (Å²) >= 11 is 0.